The standard InChI is InChI=1S/C13H18FN5/c1-4-13(2,3)8-19-12(16-17-18-19)9-5-10(14)7-11(15)6-9/h5-7H,4,8,15H2,1-3H3. The van der Waals surface area contributed by atoms with Crippen LogP contribution in [0.5, 0.6) is 0 Å². The molecule has 0 aliphatic rings. The summed E-state index contributed by atoms with van der Waals surface area (Å²) >= 11 is 0. The van der Waals surface area contributed by atoms with Crippen LogP contribution in [0.3, 0.4) is 0 Å². The van der Waals surface area contributed by atoms with Crippen LogP contribution in [0.4, 0.5) is 10.1 Å². The number of nitrogens with zero attached hydrogens (tertiary/aromatic N) is 4. The molecule has 0 unspecified atom stereocenters. The lowest BCUT2D eigenvalue weighted by Gasteiger charge is -2.22. The molecule has 0 saturated carbocycles. The average Bonchev–Trinajstić information content (AvgIpc) is 2.75. The molecule has 0 aliphatic heterocycles. The van der Waals surface area contributed by atoms with Crippen LogP contribution in [-0.4, -0.2) is 20.2 Å². The van der Waals surface area contributed by atoms with Crippen LogP contribution in [0.1, 0.15) is 27.2 Å². The van der Waals surface area contributed by atoms with Crippen molar-refractivity contribution in [1.82, 2.24) is 20.2 Å². The number of hydrogen-bond acceptors (Lipinski definition) is 4. The van der Waals surface area contributed by atoms with Gasteiger partial charge in [-0.3, -0.25) is 0 Å². The van der Waals surface area contributed by atoms with E-state index in [2.05, 4.69) is 36.3 Å². The highest BCUT2D eigenvalue weighted by molar-refractivity contribution is 5.61. The molecule has 2 rings (SSSR count). The predicted molar refractivity (Wildman–Crippen MR) is 71.7 cm³/mol. The zero-order chi connectivity index (χ0) is 14.0. The molecule has 6 heteroatoms. The fourth-order valence-electron chi connectivity index (χ4n) is 1.78. The first-order chi connectivity index (χ1) is 8.91. The summed E-state index contributed by atoms with van der Waals surface area (Å²) in [5, 5.41) is 11.6. The molecule has 0 spiro atoms. The fraction of sp³-hybridized carbons (Fsp3) is 0.462. The van der Waals surface area contributed by atoms with Gasteiger partial charge in [-0.05, 0) is 40.5 Å². The van der Waals surface area contributed by atoms with E-state index in [4.69, 9.17) is 5.73 Å². The molecular weight excluding hydrogens is 245 g/mol. The first-order valence-electron chi connectivity index (χ1n) is 6.24. The first kappa shape index (κ1) is 13.5. The Morgan fingerprint density at radius 2 is 2.05 bits per heavy atom. The summed E-state index contributed by atoms with van der Waals surface area (Å²) in [7, 11) is 0. The Kier molecular flexibility index (Phi) is 3.50. The molecule has 0 radical (unpaired) electrons. The molecule has 102 valence electrons. The van der Waals surface area contributed by atoms with Gasteiger partial charge in [-0.15, -0.1) is 5.10 Å². The van der Waals surface area contributed by atoms with Crippen molar-refractivity contribution in [2.75, 3.05) is 5.73 Å². The van der Waals surface area contributed by atoms with Gasteiger partial charge in [0.05, 0.1) is 6.54 Å². The number of nitrogens with two attached hydrogens (primary N) is 1. The summed E-state index contributed by atoms with van der Waals surface area (Å²) in [5.74, 6) is 0.145. The van der Waals surface area contributed by atoms with Crippen molar-refractivity contribution in [1.29, 1.82) is 0 Å². The Balaban J connectivity index is 2.39. The molecule has 0 aliphatic carbocycles. The van der Waals surface area contributed by atoms with E-state index in [1.54, 1.807) is 10.7 Å². The fourth-order valence-corrected chi connectivity index (χ4v) is 1.78. The Bertz CT molecular complexity index is 556. The number of anilines is 1. The minimum absolute atomic E-state index is 0.0724. The zero-order valence-corrected chi connectivity index (χ0v) is 11.4. The Morgan fingerprint density at radius 1 is 1.32 bits per heavy atom. The molecule has 0 atom stereocenters. The molecule has 0 amide bonds. The third kappa shape index (κ3) is 3.07. The van der Waals surface area contributed by atoms with Crippen LogP contribution in [0.25, 0.3) is 11.4 Å². The molecule has 0 bridgehead atoms. The second-order valence-corrected chi connectivity index (χ2v) is 5.45. The number of halogens is 1. The number of tetrazole rings is 1. The smallest absolute Gasteiger partial charge is 0.182 e. The monoisotopic (exact) mass is 263 g/mol. The second kappa shape index (κ2) is 4.95. The van der Waals surface area contributed by atoms with Crippen molar-refractivity contribution in [3.05, 3.63) is 24.0 Å². The summed E-state index contributed by atoms with van der Waals surface area (Å²) in [6, 6.07) is 4.33. The third-order valence-corrected chi connectivity index (χ3v) is 3.25. The van der Waals surface area contributed by atoms with Gasteiger partial charge in [0.25, 0.3) is 0 Å². The van der Waals surface area contributed by atoms with Gasteiger partial charge in [-0.2, -0.15) is 0 Å². The Morgan fingerprint density at radius 3 is 2.68 bits per heavy atom. The van der Waals surface area contributed by atoms with E-state index in [0.29, 0.717) is 23.6 Å². The highest BCUT2D eigenvalue weighted by Crippen LogP contribution is 2.26. The van der Waals surface area contributed by atoms with E-state index >= 15 is 0 Å². The molecule has 2 aromatic rings. The number of nitrogen functional groups attached to an aromatic ring is 1. The van der Waals surface area contributed by atoms with Gasteiger partial charge in [0.15, 0.2) is 5.82 Å². The maximum absolute atomic E-state index is 13.4. The lowest BCUT2D eigenvalue weighted by molar-refractivity contribution is 0.279. The Labute approximate surface area is 111 Å². The summed E-state index contributed by atoms with van der Waals surface area (Å²) in [4.78, 5) is 0. The van der Waals surface area contributed by atoms with Crippen molar-refractivity contribution in [2.24, 2.45) is 5.41 Å². The van der Waals surface area contributed by atoms with E-state index in [0.717, 1.165) is 6.42 Å². The molecule has 1 aromatic carbocycles. The van der Waals surface area contributed by atoms with E-state index in [-0.39, 0.29) is 11.2 Å². The number of rotatable bonds is 4. The number of benzene rings is 1. The predicted octanol–water partition coefficient (Wildman–Crippen LogP) is 2.50. The molecule has 0 saturated heterocycles. The lowest BCUT2D eigenvalue weighted by Crippen LogP contribution is -2.20. The van der Waals surface area contributed by atoms with Gasteiger partial charge in [0.1, 0.15) is 5.82 Å². The molecule has 5 nitrogen and oxygen atoms in total. The van der Waals surface area contributed by atoms with Gasteiger partial charge >= 0.3 is 0 Å². The minimum atomic E-state index is -0.390. The van der Waals surface area contributed by atoms with Crippen LogP contribution in [0, 0.1) is 11.2 Å². The summed E-state index contributed by atoms with van der Waals surface area (Å²) in [6.07, 6.45) is 0.998. The van der Waals surface area contributed by atoms with Crippen molar-refractivity contribution >= 4 is 5.69 Å². The zero-order valence-electron chi connectivity index (χ0n) is 11.4. The first-order valence-corrected chi connectivity index (χ1v) is 6.24. The molecule has 2 N–H and O–H groups in total. The molecule has 0 fully saturated rings. The van der Waals surface area contributed by atoms with Crippen molar-refractivity contribution in [3.63, 3.8) is 0 Å². The topological polar surface area (TPSA) is 69.6 Å². The van der Waals surface area contributed by atoms with Crippen LogP contribution < -0.4 is 5.73 Å². The van der Waals surface area contributed by atoms with Crippen molar-refractivity contribution in [2.45, 2.75) is 33.7 Å². The molecular formula is C13H18FN5. The highest BCUT2D eigenvalue weighted by atomic mass is 19.1. The minimum Gasteiger partial charge on any atom is -0.399 e. The van der Waals surface area contributed by atoms with Crippen LogP contribution in [-0.2, 0) is 6.54 Å². The SMILES string of the molecule is CCC(C)(C)Cn1nnnc1-c1cc(N)cc(F)c1. The third-order valence-electron chi connectivity index (χ3n) is 3.25. The van der Waals surface area contributed by atoms with Crippen molar-refractivity contribution in [3.8, 4) is 11.4 Å². The number of hydrogen-bond donors (Lipinski definition) is 1. The quantitative estimate of drug-likeness (QED) is 0.860. The van der Waals surface area contributed by atoms with E-state index in [9.17, 15) is 4.39 Å². The van der Waals surface area contributed by atoms with E-state index in [1.807, 2.05) is 0 Å². The maximum Gasteiger partial charge on any atom is 0.182 e. The van der Waals surface area contributed by atoms with E-state index < -0.39 is 0 Å². The van der Waals surface area contributed by atoms with Crippen molar-refractivity contribution < 1.29 is 4.39 Å². The van der Waals surface area contributed by atoms with Gasteiger partial charge in [-0.1, -0.05) is 20.8 Å². The molecule has 1 heterocycles. The second-order valence-electron chi connectivity index (χ2n) is 5.45. The van der Waals surface area contributed by atoms with Crippen LogP contribution >= 0.6 is 0 Å². The van der Waals surface area contributed by atoms with Crippen LogP contribution in [0.15, 0.2) is 18.2 Å². The lowest BCUT2D eigenvalue weighted by atomic mass is 9.90. The summed E-state index contributed by atoms with van der Waals surface area (Å²) in [6.45, 7) is 7.06. The summed E-state index contributed by atoms with van der Waals surface area (Å²) in [5.41, 5.74) is 6.68. The maximum atomic E-state index is 13.4. The van der Waals surface area contributed by atoms with Gasteiger partial charge in [0.2, 0.25) is 0 Å². The van der Waals surface area contributed by atoms with Gasteiger partial charge in [-0.25, -0.2) is 9.07 Å². The Hall–Kier alpha value is -1.98. The highest BCUT2D eigenvalue weighted by Gasteiger charge is 2.20. The molecule has 1 aromatic heterocycles. The molecule has 19 heavy (non-hydrogen) atoms. The normalized spacial score (nSPS) is 11.8. The largest absolute Gasteiger partial charge is 0.399 e. The summed E-state index contributed by atoms with van der Waals surface area (Å²) < 4.78 is 15.1. The van der Waals surface area contributed by atoms with Gasteiger partial charge < -0.3 is 5.73 Å². The van der Waals surface area contributed by atoms with E-state index in [1.165, 1.54) is 12.1 Å². The average molecular weight is 263 g/mol. The van der Waals surface area contributed by atoms with Gasteiger partial charge in [0, 0.05) is 11.3 Å². The number of aromatic nitrogens is 4. The van der Waals surface area contributed by atoms with Crippen LogP contribution in [0.2, 0.25) is 0 Å².